The molecule has 0 spiro atoms. The summed E-state index contributed by atoms with van der Waals surface area (Å²) in [5.41, 5.74) is 2.20. The molecule has 1 aliphatic rings. The number of thiophene rings is 1. The molecule has 3 aromatic rings. The molecule has 0 radical (unpaired) electrons. The monoisotopic (exact) mass is 429 g/mol. The molecule has 0 aliphatic heterocycles. The fraction of sp³-hybridized carbons (Fsp3) is 0.409. The van der Waals surface area contributed by atoms with E-state index < -0.39 is 0 Å². The lowest BCUT2D eigenvalue weighted by molar-refractivity contribution is -0.121. The van der Waals surface area contributed by atoms with Gasteiger partial charge in [0.05, 0.1) is 5.39 Å². The van der Waals surface area contributed by atoms with Crippen LogP contribution >= 0.6 is 22.9 Å². The highest BCUT2D eigenvalue weighted by molar-refractivity contribution is 7.18. The number of benzene rings is 1. The number of carbonyl (C=O) groups excluding carboxylic acids is 1. The minimum Gasteiger partial charge on any atom is -0.353 e. The van der Waals surface area contributed by atoms with Gasteiger partial charge in [-0.1, -0.05) is 23.7 Å². The van der Waals surface area contributed by atoms with Gasteiger partial charge in [-0.05, 0) is 62.3 Å². The molecule has 0 bridgehead atoms. The second-order valence-electron chi connectivity index (χ2n) is 7.71. The number of carbonyl (C=O) groups is 1. The van der Waals surface area contributed by atoms with Crippen LogP contribution in [0.4, 0.5) is 0 Å². The van der Waals surface area contributed by atoms with Crippen LogP contribution in [0.5, 0.6) is 0 Å². The third kappa shape index (κ3) is 4.70. The number of H-pyrrole nitrogens is 1. The minimum atomic E-state index is -0.0702. The van der Waals surface area contributed by atoms with Crippen LogP contribution in [0.3, 0.4) is 0 Å². The molecule has 7 heteroatoms. The fourth-order valence-electron chi connectivity index (χ4n) is 3.97. The smallest absolute Gasteiger partial charge is 0.259 e. The van der Waals surface area contributed by atoms with Crippen LogP contribution in [0.1, 0.15) is 48.0 Å². The summed E-state index contributed by atoms with van der Waals surface area (Å²) in [6.45, 7) is 1.97. The van der Waals surface area contributed by atoms with E-state index in [-0.39, 0.29) is 17.5 Å². The largest absolute Gasteiger partial charge is 0.353 e. The van der Waals surface area contributed by atoms with Crippen LogP contribution in [0.25, 0.3) is 10.2 Å². The average molecular weight is 430 g/mol. The van der Waals surface area contributed by atoms with Gasteiger partial charge >= 0.3 is 0 Å². The summed E-state index contributed by atoms with van der Waals surface area (Å²) >= 11 is 7.65. The van der Waals surface area contributed by atoms with Gasteiger partial charge in [0.1, 0.15) is 10.7 Å². The van der Waals surface area contributed by atoms with Gasteiger partial charge < -0.3 is 10.3 Å². The van der Waals surface area contributed by atoms with Gasteiger partial charge in [-0.2, -0.15) is 0 Å². The number of fused-ring (bicyclic) bond motifs is 3. The molecule has 1 aliphatic carbocycles. The molecule has 0 saturated heterocycles. The Hall–Kier alpha value is -2.18. The summed E-state index contributed by atoms with van der Waals surface area (Å²) in [6, 6.07) is 7.66. The summed E-state index contributed by atoms with van der Waals surface area (Å²) in [7, 11) is 0. The Bertz CT molecular complexity index is 1110. The van der Waals surface area contributed by atoms with E-state index in [1.807, 2.05) is 31.2 Å². The fourth-order valence-corrected chi connectivity index (χ4v) is 5.47. The van der Waals surface area contributed by atoms with Gasteiger partial charge in [-0.15, -0.1) is 11.3 Å². The number of hydrogen-bond donors (Lipinski definition) is 2. The normalized spacial score (nSPS) is 14.6. The highest BCUT2D eigenvalue weighted by Crippen LogP contribution is 2.33. The quantitative estimate of drug-likeness (QED) is 0.616. The van der Waals surface area contributed by atoms with Gasteiger partial charge in [0.2, 0.25) is 5.91 Å². The van der Waals surface area contributed by atoms with Crippen LogP contribution in [0, 0.1) is 0 Å². The van der Waals surface area contributed by atoms with Crippen molar-refractivity contribution in [3.05, 3.63) is 61.5 Å². The van der Waals surface area contributed by atoms with Crippen LogP contribution in [-0.2, 0) is 30.5 Å². The predicted octanol–water partition coefficient (Wildman–Crippen LogP) is 4.20. The molecule has 1 aromatic carbocycles. The number of nitrogens with zero attached hydrogens (tertiary/aromatic N) is 1. The number of amides is 1. The molecular formula is C22H24ClN3O2S. The van der Waals surface area contributed by atoms with Crippen molar-refractivity contribution in [3.8, 4) is 0 Å². The Morgan fingerprint density at radius 2 is 2.17 bits per heavy atom. The van der Waals surface area contributed by atoms with Crippen molar-refractivity contribution in [1.29, 1.82) is 0 Å². The molecule has 0 fully saturated rings. The van der Waals surface area contributed by atoms with Crippen molar-refractivity contribution >= 4 is 39.1 Å². The van der Waals surface area contributed by atoms with Crippen molar-refractivity contribution in [1.82, 2.24) is 15.3 Å². The SMILES string of the molecule is C[C@H](Cc1cccc(Cl)c1)NC(=O)CCc1nc2sc3c(c2c(=O)[nH]1)CCCC3. The first-order chi connectivity index (χ1) is 14.0. The van der Waals surface area contributed by atoms with Crippen LogP contribution < -0.4 is 10.9 Å². The van der Waals surface area contributed by atoms with Gasteiger partial charge in [0.25, 0.3) is 5.56 Å². The summed E-state index contributed by atoms with van der Waals surface area (Å²) in [4.78, 5) is 34.6. The second-order valence-corrected chi connectivity index (χ2v) is 9.23. The highest BCUT2D eigenvalue weighted by Gasteiger charge is 2.20. The Morgan fingerprint density at radius 3 is 3.00 bits per heavy atom. The summed E-state index contributed by atoms with van der Waals surface area (Å²) in [5, 5.41) is 4.46. The Labute approximate surface area is 178 Å². The molecule has 5 nitrogen and oxygen atoms in total. The number of aromatic amines is 1. The number of halogens is 1. The van der Waals surface area contributed by atoms with Crippen LogP contribution in [0.15, 0.2) is 29.1 Å². The zero-order chi connectivity index (χ0) is 20.4. The highest BCUT2D eigenvalue weighted by atomic mass is 35.5. The molecule has 2 heterocycles. The first-order valence-corrected chi connectivity index (χ1v) is 11.3. The molecule has 2 N–H and O–H groups in total. The van der Waals surface area contributed by atoms with E-state index in [1.165, 1.54) is 16.9 Å². The molecule has 1 amide bonds. The number of nitrogens with one attached hydrogen (secondary N) is 2. The predicted molar refractivity (Wildman–Crippen MR) is 118 cm³/mol. The first-order valence-electron chi connectivity index (χ1n) is 10.1. The topological polar surface area (TPSA) is 74.8 Å². The zero-order valence-electron chi connectivity index (χ0n) is 16.4. The number of rotatable bonds is 6. The maximum atomic E-state index is 12.6. The van der Waals surface area contributed by atoms with E-state index in [0.717, 1.165) is 35.0 Å². The van der Waals surface area contributed by atoms with Crippen molar-refractivity contribution in [2.45, 2.75) is 57.9 Å². The Balaban J connectivity index is 1.37. The van der Waals surface area contributed by atoms with E-state index in [0.29, 0.717) is 30.1 Å². The molecule has 0 unspecified atom stereocenters. The van der Waals surface area contributed by atoms with Gasteiger partial charge in [-0.25, -0.2) is 4.98 Å². The van der Waals surface area contributed by atoms with Crippen LogP contribution in [0.2, 0.25) is 5.02 Å². The van der Waals surface area contributed by atoms with E-state index in [1.54, 1.807) is 11.3 Å². The lowest BCUT2D eigenvalue weighted by atomic mass is 9.97. The molecular weight excluding hydrogens is 406 g/mol. The lowest BCUT2D eigenvalue weighted by Gasteiger charge is -2.14. The first kappa shape index (κ1) is 20.1. The molecule has 152 valence electrons. The summed E-state index contributed by atoms with van der Waals surface area (Å²) in [5.74, 6) is 0.534. The Kier molecular flexibility index (Phi) is 6.01. The molecule has 1 atom stereocenters. The standard InChI is InChI=1S/C22H24ClN3O2S/c1-13(11-14-5-4-6-15(23)12-14)24-19(27)10-9-18-25-21(28)20-16-7-2-3-8-17(16)29-22(20)26-18/h4-6,12-13H,2-3,7-11H2,1H3,(H,24,27)(H,25,26,28)/t13-/m1/s1. The Morgan fingerprint density at radius 1 is 1.34 bits per heavy atom. The molecule has 4 rings (SSSR count). The van der Waals surface area contributed by atoms with Crippen molar-refractivity contribution in [2.24, 2.45) is 0 Å². The maximum Gasteiger partial charge on any atom is 0.259 e. The van der Waals surface area contributed by atoms with E-state index in [2.05, 4.69) is 15.3 Å². The minimum absolute atomic E-state index is 0.000485. The van der Waals surface area contributed by atoms with E-state index in [9.17, 15) is 9.59 Å². The third-order valence-corrected chi connectivity index (χ3v) is 6.72. The molecule has 0 saturated carbocycles. The molecule has 29 heavy (non-hydrogen) atoms. The number of hydrogen-bond acceptors (Lipinski definition) is 4. The van der Waals surface area contributed by atoms with Gasteiger partial charge in [0.15, 0.2) is 0 Å². The van der Waals surface area contributed by atoms with Crippen molar-refractivity contribution in [3.63, 3.8) is 0 Å². The number of aryl methyl sites for hydroxylation is 3. The number of aromatic nitrogens is 2. The van der Waals surface area contributed by atoms with Crippen molar-refractivity contribution in [2.75, 3.05) is 0 Å². The van der Waals surface area contributed by atoms with Gasteiger partial charge in [0, 0.05) is 28.8 Å². The summed E-state index contributed by atoms with van der Waals surface area (Å²) in [6.07, 6.45) is 5.74. The average Bonchev–Trinajstić information content (AvgIpc) is 3.05. The van der Waals surface area contributed by atoms with E-state index >= 15 is 0 Å². The van der Waals surface area contributed by atoms with E-state index in [4.69, 9.17) is 11.6 Å². The maximum absolute atomic E-state index is 12.6. The van der Waals surface area contributed by atoms with Crippen molar-refractivity contribution < 1.29 is 4.79 Å². The van der Waals surface area contributed by atoms with Gasteiger partial charge in [-0.3, -0.25) is 9.59 Å². The second kappa shape index (κ2) is 8.67. The summed E-state index contributed by atoms with van der Waals surface area (Å²) < 4.78 is 0. The third-order valence-electron chi connectivity index (χ3n) is 5.30. The lowest BCUT2D eigenvalue weighted by Crippen LogP contribution is -2.34. The molecule has 2 aromatic heterocycles. The zero-order valence-corrected chi connectivity index (χ0v) is 18.0. The van der Waals surface area contributed by atoms with Crippen LogP contribution in [-0.4, -0.2) is 21.9 Å².